The van der Waals surface area contributed by atoms with Gasteiger partial charge in [-0.25, -0.2) is 8.42 Å². The number of aromatic nitrogens is 2. The molecule has 168 valence electrons. The van der Waals surface area contributed by atoms with E-state index in [1.807, 2.05) is 6.92 Å². The van der Waals surface area contributed by atoms with Crippen LogP contribution in [0.2, 0.25) is 0 Å². The van der Waals surface area contributed by atoms with Crippen molar-refractivity contribution < 1.29 is 22.5 Å². The fourth-order valence-corrected chi connectivity index (χ4v) is 4.89. The topological polar surface area (TPSA) is 115 Å². The molecule has 10 heteroatoms. The molecule has 2 aromatic carbocycles. The third kappa shape index (κ3) is 4.45. The van der Waals surface area contributed by atoms with Crippen molar-refractivity contribution >= 4 is 21.6 Å². The van der Waals surface area contributed by atoms with Gasteiger partial charge >= 0.3 is 11.8 Å². The molecule has 0 spiro atoms. The van der Waals surface area contributed by atoms with E-state index in [9.17, 15) is 13.2 Å². The predicted octanol–water partition coefficient (Wildman–Crippen LogP) is 3.48. The Morgan fingerprint density at radius 2 is 1.94 bits per heavy atom. The van der Waals surface area contributed by atoms with Gasteiger partial charge in [0.2, 0.25) is 5.82 Å². The lowest BCUT2D eigenvalue weighted by atomic mass is 10.1. The lowest BCUT2D eigenvalue weighted by molar-refractivity contribution is 0.0743. The zero-order chi connectivity index (χ0) is 22.7. The number of carbonyl (C=O) groups is 1. The standard InChI is InChI=1S/C22H24N4O5S/c1-3-30-18-9-5-4-8-17(18)25-32(28,29)19-14-16(11-10-15(19)2)20-23-21(31-24-20)22(27)26-12-6-7-13-26/h4-5,8-11,14,25H,3,6-7,12-13H2,1-2H3. The second kappa shape index (κ2) is 8.99. The molecule has 0 radical (unpaired) electrons. The lowest BCUT2D eigenvalue weighted by Gasteiger charge is -2.14. The zero-order valence-electron chi connectivity index (χ0n) is 17.9. The summed E-state index contributed by atoms with van der Waals surface area (Å²) in [5.41, 5.74) is 1.32. The molecule has 0 bridgehead atoms. The molecule has 1 amide bonds. The monoisotopic (exact) mass is 456 g/mol. The molecule has 2 heterocycles. The Morgan fingerprint density at radius 3 is 2.69 bits per heavy atom. The summed E-state index contributed by atoms with van der Waals surface area (Å²) >= 11 is 0. The third-order valence-corrected chi connectivity index (χ3v) is 6.68. The number of carbonyl (C=O) groups excluding carboxylic acids is 1. The highest BCUT2D eigenvalue weighted by Gasteiger charge is 2.26. The van der Waals surface area contributed by atoms with Crippen molar-refractivity contribution in [2.45, 2.75) is 31.6 Å². The second-order valence-corrected chi connectivity index (χ2v) is 9.09. The molecule has 9 nitrogen and oxygen atoms in total. The molecule has 1 aliphatic heterocycles. The largest absolute Gasteiger partial charge is 0.492 e. The van der Waals surface area contributed by atoms with E-state index >= 15 is 0 Å². The quantitative estimate of drug-likeness (QED) is 0.579. The van der Waals surface area contributed by atoms with E-state index in [0.29, 0.717) is 42.3 Å². The predicted molar refractivity (Wildman–Crippen MR) is 118 cm³/mol. The first kappa shape index (κ1) is 21.8. The van der Waals surface area contributed by atoms with Crippen LogP contribution in [0, 0.1) is 6.92 Å². The van der Waals surface area contributed by atoms with Gasteiger partial charge in [-0.15, -0.1) is 0 Å². The van der Waals surface area contributed by atoms with E-state index < -0.39 is 10.0 Å². The maximum absolute atomic E-state index is 13.2. The minimum atomic E-state index is -3.93. The van der Waals surface area contributed by atoms with Crippen LogP contribution in [-0.4, -0.2) is 49.1 Å². The summed E-state index contributed by atoms with van der Waals surface area (Å²) < 4.78 is 39.6. The average Bonchev–Trinajstić information content (AvgIpc) is 3.47. The molecule has 0 unspecified atom stereocenters. The Bertz CT molecular complexity index is 1230. The van der Waals surface area contributed by atoms with Crippen LogP contribution in [0.3, 0.4) is 0 Å². The zero-order valence-corrected chi connectivity index (χ0v) is 18.7. The van der Waals surface area contributed by atoms with Gasteiger partial charge in [-0.2, -0.15) is 4.98 Å². The van der Waals surface area contributed by atoms with Gasteiger partial charge in [-0.3, -0.25) is 9.52 Å². The molecule has 1 saturated heterocycles. The molecule has 4 rings (SSSR count). The minimum absolute atomic E-state index is 0.0681. The molecule has 1 fully saturated rings. The van der Waals surface area contributed by atoms with Gasteiger partial charge in [0, 0.05) is 18.7 Å². The summed E-state index contributed by atoms with van der Waals surface area (Å²) in [6.45, 7) is 5.26. The number of sulfonamides is 1. The molecule has 32 heavy (non-hydrogen) atoms. The van der Waals surface area contributed by atoms with Crippen LogP contribution in [0.1, 0.15) is 36.0 Å². The van der Waals surface area contributed by atoms with Crippen molar-refractivity contribution in [3.63, 3.8) is 0 Å². The fourth-order valence-electron chi connectivity index (χ4n) is 3.54. The van der Waals surface area contributed by atoms with Gasteiger partial charge in [-0.1, -0.05) is 29.4 Å². The van der Waals surface area contributed by atoms with Crippen LogP contribution >= 0.6 is 0 Å². The Labute approximate surface area is 186 Å². The molecule has 1 N–H and O–H groups in total. The van der Waals surface area contributed by atoms with Gasteiger partial charge in [0.1, 0.15) is 5.75 Å². The number of rotatable bonds is 7. The number of para-hydroxylation sites is 2. The van der Waals surface area contributed by atoms with E-state index in [2.05, 4.69) is 14.9 Å². The van der Waals surface area contributed by atoms with Gasteiger partial charge < -0.3 is 14.2 Å². The highest BCUT2D eigenvalue weighted by atomic mass is 32.2. The van der Waals surface area contributed by atoms with E-state index in [1.165, 1.54) is 6.07 Å². The van der Waals surface area contributed by atoms with Gasteiger partial charge in [-0.05, 0) is 50.5 Å². The molecule has 1 aromatic heterocycles. The summed E-state index contributed by atoms with van der Waals surface area (Å²) in [7, 11) is -3.93. The number of hydrogen-bond donors (Lipinski definition) is 1. The smallest absolute Gasteiger partial charge is 0.316 e. The minimum Gasteiger partial charge on any atom is -0.492 e. The van der Waals surface area contributed by atoms with Crippen molar-refractivity contribution in [3.8, 4) is 17.1 Å². The van der Waals surface area contributed by atoms with Crippen molar-refractivity contribution in [2.24, 2.45) is 0 Å². The summed E-state index contributed by atoms with van der Waals surface area (Å²) in [5, 5.41) is 3.89. The number of benzene rings is 2. The Hall–Kier alpha value is -3.40. The highest BCUT2D eigenvalue weighted by molar-refractivity contribution is 7.92. The number of anilines is 1. The van der Waals surface area contributed by atoms with Crippen molar-refractivity contribution in [1.29, 1.82) is 0 Å². The second-order valence-electron chi connectivity index (χ2n) is 7.44. The van der Waals surface area contributed by atoms with E-state index in [1.54, 1.807) is 48.2 Å². The van der Waals surface area contributed by atoms with E-state index in [-0.39, 0.29) is 22.5 Å². The van der Waals surface area contributed by atoms with Crippen LogP contribution in [-0.2, 0) is 10.0 Å². The van der Waals surface area contributed by atoms with Crippen molar-refractivity contribution in [1.82, 2.24) is 15.0 Å². The maximum atomic E-state index is 13.2. The molecular formula is C22H24N4O5S. The number of amides is 1. The van der Waals surface area contributed by atoms with Crippen molar-refractivity contribution in [3.05, 3.63) is 53.9 Å². The van der Waals surface area contributed by atoms with Crippen LogP contribution in [0.5, 0.6) is 5.75 Å². The molecule has 0 atom stereocenters. The SMILES string of the molecule is CCOc1ccccc1NS(=O)(=O)c1cc(-c2noc(C(=O)N3CCCC3)n2)ccc1C. The average molecular weight is 457 g/mol. The van der Waals surface area contributed by atoms with Crippen LogP contribution in [0.15, 0.2) is 51.9 Å². The number of likely N-dealkylation sites (tertiary alicyclic amines) is 1. The van der Waals surface area contributed by atoms with E-state index in [4.69, 9.17) is 9.26 Å². The first-order valence-corrected chi connectivity index (χ1v) is 11.9. The normalized spacial score (nSPS) is 13.9. The van der Waals surface area contributed by atoms with E-state index in [0.717, 1.165) is 12.8 Å². The first-order chi connectivity index (χ1) is 15.4. The van der Waals surface area contributed by atoms with Crippen LogP contribution in [0.4, 0.5) is 5.69 Å². The third-order valence-electron chi connectivity index (χ3n) is 5.17. The Kier molecular flexibility index (Phi) is 6.13. The number of hydrogen-bond acceptors (Lipinski definition) is 7. The number of ether oxygens (including phenoxy) is 1. The Morgan fingerprint density at radius 1 is 1.19 bits per heavy atom. The van der Waals surface area contributed by atoms with Crippen LogP contribution < -0.4 is 9.46 Å². The highest BCUT2D eigenvalue weighted by Crippen LogP contribution is 2.29. The van der Waals surface area contributed by atoms with Crippen molar-refractivity contribution in [2.75, 3.05) is 24.4 Å². The summed E-state index contributed by atoms with van der Waals surface area (Å²) in [5.74, 6) is 0.181. The molecule has 0 saturated carbocycles. The molecule has 1 aliphatic rings. The van der Waals surface area contributed by atoms with Gasteiger partial charge in [0.05, 0.1) is 17.2 Å². The fraction of sp³-hybridized carbons (Fsp3) is 0.318. The number of aryl methyl sites for hydroxylation is 1. The molecule has 3 aromatic rings. The van der Waals surface area contributed by atoms with Crippen LogP contribution in [0.25, 0.3) is 11.4 Å². The molecular weight excluding hydrogens is 432 g/mol. The summed E-state index contributed by atoms with van der Waals surface area (Å²) in [4.78, 5) is 18.4. The first-order valence-electron chi connectivity index (χ1n) is 10.4. The number of nitrogens with zero attached hydrogens (tertiary/aromatic N) is 3. The number of nitrogens with one attached hydrogen (secondary N) is 1. The Balaban J connectivity index is 1.62. The van der Waals surface area contributed by atoms with Gasteiger partial charge in [0.15, 0.2) is 0 Å². The maximum Gasteiger partial charge on any atom is 0.316 e. The molecule has 0 aliphatic carbocycles. The lowest BCUT2D eigenvalue weighted by Crippen LogP contribution is -2.27. The summed E-state index contributed by atoms with van der Waals surface area (Å²) in [6, 6.07) is 11.7. The summed E-state index contributed by atoms with van der Waals surface area (Å²) in [6.07, 6.45) is 1.90. The van der Waals surface area contributed by atoms with Gasteiger partial charge in [0.25, 0.3) is 10.0 Å².